The molecule has 0 fully saturated rings. The Hall–Kier alpha value is -1.26. The third-order valence-corrected chi connectivity index (χ3v) is 3.30. The molecule has 0 aromatic heterocycles. The normalized spacial score (nSPS) is 14.8. The summed E-state index contributed by atoms with van der Waals surface area (Å²) in [5.41, 5.74) is 0.734. The summed E-state index contributed by atoms with van der Waals surface area (Å²) in [5, 5.41) is 23.0. The Morgan fingerprint density at radius 1 is 1.15 bits per heavy atom. The summed E-state index contributed by atoms with van der Waals surface area (Å²) >= 11 is 0. The zero-order chi connectivity index (χ0) is 15.3. The van der Waals surface area contributed by atoms with Gasteiger partial charge in [-0.15, -0.1) is 0 Å². The van der Waals surface area contributed by atoms with E-state index in [2.05, 4.69) is 38.2 Å². The van der Waals surface area contributed by atoms with Crippen molar-refractivity contribution in [2.24, 2.45) is 5.92 Å². The maximum absolute atomic E-state index is 9.92. The van der Waals surface area contributed by atoms with E-state index in [1.165, 1.54) is 12.1 Å². The lowest BCUT2D eigenvalue weighted by Gasteiger charge is -2.28. The summed E-state index contributed by atoms with van der Waals surface area (Å²) in [4.78, 5) is 2.16. The van der Waals surface area contributed by atoms with Crippen molar-refractivity contribution in [3.63, 3.8) is 0 Å². The average Bonchev–Trinajstić information content (AvgIpc) is 2.30. The molecule has 0 bridgehead atoms. The number of likely N-dealkylation sites (N-methyl/N-ethyl adjacent to an activating group) is 1. The molecule has 0 aliphatic heterocycles. The zero-order valence-corrected chi connectivity index (χ0v) is 13.2. The highest BCUT2D eigenvalue weighted by Crippen LogP contribution is 2.28. The fourth-order valence-corrected chi connectivity index (χ4v) is 2.54. The molecular weight excluding hydrogens is 252 g/mol. The van der Waals surface area contributed by atoms with Gasteiger partial charge in [-0.1, -0.05) is 13.8 Å². The molecule has 3 N–H and O–H groups in total. The van der Waals surface area contributed by atoms with E-state index in [4.69, 9.17) is 0 Å². The third kappa shape index (κ3) is 5.39. The lowest BCUT2D eigenvalue weighted by atomic mass is 10.0. The fourth-order valence-electron chi connectivity index (χ4n) is 2.54. The van der Waals surface area contributed by atoms with E-state index in [-0.39, 0.29) is 17.5 Å². The first-order chi connectivity index (χ1) is 9.29. The van der Waals surface area contributed by atoms with E-state index in [1.54, 1.807) is 6.07 Å². The number of aromatic hydroxyl groups is 2. The van der Waals surface area contributed by atoms with Crippen LogP contribution in [0.15, 0.2) is 18.2 Å². The van der Waals surface area contributed by atoms with Crippen molar-refractivity contribution in [2.75, 3.05) is 20.6 Å². The van der Waals surface area contributed by atoms with E-state index in [0.29, 0.717) is 12.0 Å². The summed E-state index contributed by atoms with van der Waals surface area (Å²) in [6.45, 7) is 7.38. The van der Waals surface area contributed by atoms with Gasteiger partial charge in [0.15, 0.2) is 0 Å². The molecule has 0 aliphatic carbocycles. The highest BCUT2D eigenvalue weighted by Gasteiger charge is 2.18. The van der Waals surface area contributed by atoms with Crippen molar-refractivity contribution in [1.82, 2.24) is 10.2 Å². The highest BCUT2D eigenvalue weighted by atomic mass is 16.3. The molecule has 1 aromatic carbocycles. The van der Waals surface area contributed by atoms with Gasteiger partial charge < -0.3 is 20.4 Å². The van der Waals surface area contributed by atoms with Gasteiger partial charge >= 0.3 is 0 Å². The van der Waals surface area contributed by atoms with Crippen LogP contribution in [0.1, 0.15) is 38.8 Å². The Bertz CT molecular complexity index is 409. The molecule has 0 saturated heterocycles. The number of nitrogens with zero attached hydrogens (tertiary/aromatic N) is 1. The van der Waals surface area contributed by atoms with Gasteiger partial charge in [-0.25, -0.2) is 0 Å². The Morgan fingerprint density at radius 2 is 1.80 bits per heavy atom. The smallest absolute Gasteiger partial charge is 0.120 e. The van der Waals surface area contributed by atoms with Gasteiger partial charge in [-0.05, 0) is 51.6 Å². The van der Waals surface area contributed by atoms with Gasteiger partial charge in [-0.3, -0.25) is 0 Å². The van der Waals surface area contributed by atoms with Crippen LogP contribution in [0.2, 0.25) is 0 Å². The first-order valence-electron chi connectivity index (χ1n) is 7.22. The Labute approximate surface area is 122 Å². The van der Waals surface area contributed by atoms with Crippen molar-refractivity contribution in [3.8, 4) is 11.5 Å². The molecule has 0 saturated carbocycles. The van der Waals surface area contributed by atoms with Crippen LogP contribution >= 0.6 is 0 Å². The van der Waals surface area contributed by atoms with Crippen LogP contribution in [0.25, 0.3) is 0 Å². The molecule has 2 unspecified atom stereocenters. The predicted molar refractivity (Wildman–Crippen MR) is 83.1 cm³/mol. The summed E-state index contributed by atoms with van der Waals surface area (Å²) < 4.78 is 0. The topological polar surface area (TPSA) is 55.7 Å². The van der Waals surface area contributed by atoms with Gasteiger partial charge in [0, 0.05) is 24.2 Å². The maximum atomic E-state index is 9.92. The molecule has 2 atom stereocenters. The van der Waals surface area contributed by atoms with E-state index in [1.807, 2.05) is 6.92 Å². The van der Waals surface area contributed by atoms with Gasteiger partial charge in [0.25, 0.3) is 0 Å². The van der Waals surface area contributed by atoms with Crippen LogP contribution in [0.4, 0.5) is 0 Å². The lowest BCUT2D eigenvalue weighted by Crippen LogP contribution is -2.40. The van der Waals surface area contributed by atoms with E-state index in [0.717, 1.165) is 18.5 Å². The number of phenolic OH excluding ortho intramolecular Hbond substituents is 2. The molecule has 0 aliphatic rings. The van der Waals surface area contributed by atoms with Crippen LogP contribution in [0.3, 0.4) is 0 Å². The van der Waals surface area contributed by atoms with Gasteiger partial charge in [0.05, 0.1) is 0 Å². The first kappa shape index (κ1) is 16.8. The van der Waals surface area contributed by atoms with Crippen LogP contribution in [0.5, 0.6) is 11.5 Å². The summed E-state index contributed by atoms with van der Waals surface area (Å²) in [6, 6.07) is 4.99. The van der Waals surface area contributed by atoms with Gasteiger partial charge in [-0.2, -0.15) is 0 Å². The van der Waals surface area contributed by atoms with Crippen LogP contribution in [0, 0.1) is 5.92 Å². The largest absolute Gasteiger partial charge is 0.508 e. The SMILES string of the molecule is CC(C)CC(CN(C)C)NC(C)c1cc(O)ccc1O. The molecule has 0 amide bonds. The number of hydrogen-bond donors (Lipinski definition) is 3. The first-order valence-corrected chi connectivity index (χ1v) is 7.22. The van der Waals surface area contributed by atoms with E-state index < -0.39 is 0 Å². The summed E-state index contributed by atoms with van der Waals surface area (Å²) in [7, 11) is 4.12. The van der Waals surface area contributed by atoms with E-state index in [9.17, 15) is 10.2 Å². The molecule has 4 nitrogen and oxygen atoms in total. The fraction of sp³-hybridized carbons (Fsp3) is 0.625. The van der Waals surface area contributed by atoms with Crippen molar-refractivity contribution in [3.05, 3.63) is 23.8 Å². The van der Waals surface area contributed by atoms with Crippen LogP contribution in [-0.4, -0.2) is 41.8 Å². The standard InChI is InChI=1S/C16H28N2O2/c1-11(2)8-13(10-18(4)5)17-12(3)15-9-14(19)6-7-16(15)20/h6-7,9,11-13,17,19-20H,8,10H2,1-5H3. The molecule has 0 heterocycles. The lowest BCUT2D eigenvalue weighted by molar-refractivity contribution is 0.289. The molecule has 1 aromatic rings. The third-order valence-electron chi connectivity index (χ3n) is 3.30. The van der Waals surface area contributed by atoms with Gasteiger partial charge in [0.1, 0.15) is 11.5 Å². The van der Waals surface area contributed by atoms with Crippen LogP contribution in [-0.2, 0) is 0 Å². The van der Waals surface area contributed by atoms with Crippen LogP contribution < -0.4 is 5.32 Å². The minimum atomic E-state index is -0.00852. The van der Waals surface area contributed by atoms with Crippen molar-refractivity contribution in [1.29, 1.82) is 0 Å². The Kier molecular flexibility index (Phi) is 6.30. The highest BCUT2D eigenvalue weighted by molar-refractivity contribution is 5.40. The summed E-state index contributed by atoms with van der Waals surface area (Å²) in [5.74, 6) is 1.01. The number of hydrogen-bond acceptors (Lipinski definition) is 4. The molecular formula is C16H28N2O2. The molecule has 4 heteroatoms. The maximum Gasteiger partial charge on any atom is 0.120 e. The van der Waals surface area contributed by atoms with E-state index >= 15 is 0 Å². The Balaban J connectivity index is 2.78. The second-order valence-electron chi connectivity index (χ2n) is 6.22. The molecule has 0 radical (unpaired) electrons. The summed E-state index contributed by atoms with van der Waals surface area (Å²) in [6.07, 6.45) is 1.07. The minimum absolute atomic E-state index is 0.00852. The number of rotatable bonds is 7. The molecule has 114 valence electrons. The second kappa shape index (κ2) is 7.50. The van der Waals surface area contributed by atoms with Crippen molar-refractivity contribution in [2.45, 2.75) is 39.3 Å². The second-order valence-corrected chi connectivity index (χ2v) is 6.22. The number of benzene rings is 1. The Morgan fingerprint density at radius 3 is 2.35 bits per heavy atom. The monoisotopic (exact) mass is 280 g/mol. The van der Waals surface area contributed by atoms with Crippen molar-refractivity contribution < 1.29 is 10.2 Å². The van der Waals surface area contributed by atoms with Crippen molar-refractivity contribution >= 4 is 0 Å². The number of phenols is 2. The predicted octanol–water partition coefficient (Wildman–Crippen LogP) is 2.72. The molecule has 20 heavy (non-hydrogen) atoms. The minimum Gasteiger partial charge on any atom is -0.508 e. The zero-order valence-electron chi connectivity index (χ0n) is 13.2. The number of nitrogens with one attached hydrogen (secondary N) is 1. The quantitative estimate of drug-likeness (QED) is 0.672. The van der Waals surface area contributed by atoms with Gasteiger partial charge in [0.2, 0.25) is 0 Å². The molecule has 1 rings (SSSR count). The molecule has 0 spiro atoms. The average molecular weight is 280 g/mol.